The maximum Gasteiger partial charge on any atom is 0.416 e. The number of benzene rings is 2. The fourth-order valence-corrected chi connectivity index (χ4v) is 2.52. The van der Waals surface area contributed by atoms with E-state index in [1.54, 1.807) is 36.5 Å². The van der Waals surface area contributed by atoms with Crippen molar-refractivity contribution < 1.29 is 27.5 Å². The SMILES string of the molecule is Cc1ccc(Oc2ccc(NC(=O)CNC(=O)c3ccc(C(F)(F)F)cc3)cc2)nc1. The van der Waals surface area contributed by atoms with Crippen LogP contribution in [0.2, 0.25) is 0 Å². The monoisotopic (exact) mass is 429 g/mol. The van der Waals surface area contributed by atoms with Crippen LogP contribution in [0, 0.1) is 6.92 Å². The number of carbonyl (C=O) groups is 2. The summed E-state index contributed by atoms with van der Waals surface area (Å²) in [6.45, 7) is 1.58. The molecule has 0 bridgehead atoms. The molecule has 3 aromatic rings. The second-order valence-corrected chi connectivity index (χ2v) is 6.61. The predicted molar refractivity (Wildman–Crippen MR) is 108 cm³/mol. The highest BCUT2D eigenvalue weighted by Crippen LogP contribution is 2.29. The third kappa shape index (κ3) is 6.30. The lowest BCUT2D eigenvalue weighted by Crippen LogP contribution is -2.32. The molecule has 0 radical (unpaired) electrons. The number of hydrogen-bond donors (Lipinski definition) is 2. The van der Waals surface area contributed by atoms with Crippen molar-refractivity contribution in [2.24, 2.45) is 0 Å². The smallest absolute Gasteiger partial charge is 0.416 e. The molecule has 0 unspecified atom stereocenters. The Hall–Kier alpha value is -3.88. The van der Waals surface area contributed by atoms with Crippen molar-refractivity contribution in [3.8, 4) is 11.6 Å². The number of aromatic nitrogens is 1. The highest BCUT2D eigenvalue weighted by molar-refractivity contribution is 5.99. The molecule has 9 heteroatoms. The molecule has 2 amide bonds. The first-order valence-corrected chi connectivity index (χ1v) is 9.16. The van der Waals surface area contributed by atoms with Gasteiger partial charge < -0.3 is 15.4 Å². The quantitative estimate of drug-likeness (QED) is 0.602. The van der Waals surface area contributed by atoms with E-state index in [2.05, 4.69) is 15.6 Å². The lowest BCUT2D eigenvalue weighted by molar-refractivity contribution is -0.137. The number of carbonyl (C=O) groups excluding carboxylic acids is 2. The van der Waals surface area contributed by atoms with Crippen LogP contribution in [0.3, 0.4) is 0 Å². The largest absolute Gasteiger partial charge is 0.439 e. The number of amides is 2. The fraction of sp³-hybridized carbons (Fsp3) is 0.136. The molecule has 1 heterocycles. The van der Waals surface area contributed by atoms with Crippen LogP contribution in [-0.2, 0) is 11.0 Å². The van der Waals surface area contributed by atoms with Crippen LogP contribution in [0.5, 0.6) is 11.6 Å². The molecule has 0 fully saturated rings. The van der Waals surface area contributed by atoms with Gasteiger partial charge in [0.05, 0.1) is 12.1 Å². The van der Waals surface area contributed by atoms with E-state index < -0.39 is 23.6 Å². The zero-order valence-electron chi connectivity index (χ0n) is 16.4. The first-order chi connectivity index (χ1) is 14.7. The van der Waals surface area contributed by atoms with E-state index in [9.17, 15) is 22.8 Å². The predicted octanol–water partition coefficient (Wildman–Crippen LogP) is 4.57. The fourth-order valence-electron chi connectivity index (χ4n) is 2.52. The summed E-state index contributed by atoms with van der Waals surface area (Å²) in [7, 11) is 0. The molecule has 3 rings (SSSR count). The van der Waals surface area contributed by atoms with E-state index in [1.165, 1.54) is 0 Å². The Morgan fingerprint density at radius 1 is 0.968 bits per heavy atom. The number of alkyl halides is 3. The molecule has 0 spiro atoms. The highest BCUT2D eigenvalue weighted by atomic mass is 19.4. The molecule has 0 saturated heterocycles. The van der Waals surface area contributed by atoms with Crippen LogP contribution < -0.4 is 15.4 Å². The van der Waals surface area contributed by atoms with E-state index in [0.29, 0.717) is 17.3 Å². The van der Waals surface area contributed by atoms with E-state index in [4.69, 9.17) is 4.74 Å². The Morgan fingerprint density at radius 2 is 1.65 bits per heavy atom. The van der Waals surface area contributed by atoms with Crippen molar-refractivity contribution in [2.75, 3.05) is 11.9 Å². The standard InChI is InChI=1S/C22H18F3N3O3/c1-14-2-11-20(26-12-14)31-18-9-7-17(8-10-18)28-19(29)13-27-21(30)15-3-5-16(6-4-15)22(23,24)25/h2-12H,13H2,1H3,(H,27,30)(H,28,29). The summed E-state index contributed by atoms with van der Waals surface area (Å²) >= 11 is 0. The molecule has 1 aromatic heterocycles. The molecule has 0 aliphatic heterocycles. The van der Waals surface area contributed by atoms with Crippen molar-refractivity contribution in [1.29, 1.82) is 0 Å². The summed E-state index contributed by atoms with van der Waals surface area (Å²) < 4.78 is 43.3. The summed E-state index contributed by atoms with van der Waals surface area (Å²) in [5.74, 6) is -0.175. The maximum atomic E-state index is 12.6. The van der Waals surface area contributed by atoms with Gasteiger partial charge in [0.2, 0.25) is 11.8 Å². The highest BCUT2D eigenvalue weighted by Gasteiger charge is 2.30. The van der Waals surface area contributed by atoms with Gasteiger partial charge in [-0.1, -0.05) is 6.07 Å². The second kappa shape index (κ2) is 9.29. The van der Waals surface area contributed by atoms with Gasteiger partial charge in [0.15, 0.2) is 0 Å². The Labute approximate surface area is 176 Å². The van der Waals surface area contributed by atoms with Gasteiger partial charge in [0.25, 0.3) is 5.91 Å². The van der Waals surface area contributed by atoms with Gasteiger partial charge in [-0.15, -0.1) is 0 Å². The van der Waals surface area contributed by atoms with Gasteiger partial charge in [0, 0.05) is 23.5 Å². The van der Waals surface area contributed by atoms with Gasteiger partial charge in [-0.3, -0.25) is 9.59 Å². The first-order valence-electron chi connectivity index (χ1n) is 9.16. The van der Waals surface area contributed by atoms with Crippen molar-refractivity contribution in [3.05, 3.63) is 83.6 Å². The zero-order chi connectivity index (χ0) is 22.4. The van der Waals surface area contributed by atoms with Crippen LogP contribution >= 0.6 is 0 Å². The van der Waals surface area contributed by atoms with Crippen molar-refractivity contribution in [1.82, 2.24) is 10.3 Å². The molecular weight excluding hydrogens is 411 g/mol. The Bertz CT molecular complexity index is 1050. The minimum atomic E-state index is -4.48. The third-order valence-electron chi connectivity index (χ3n) is 4.13. The molecule has 0 atom stereocenters. The molecular formula is C22H18F3N3O3. The van der Waals surface area contributed by atoms with Crippen molar-refractivity contribution >= 4 is 17.5 Å². The minimum Gasteiger partial charge on any atom is -0.439 e. The lowest BCUT2D eigenvalue weighted by atomic mass is 10.1. The molecule has 2 N–H and O–H groups in total. The van der Waals surface area contributed by atoms with Gasteiger partial charge in [-0.05, 0) is 61.0 Å². The average Bonchev–Trinajstić information content (AvgIpc) is 2.74. The number of anilines is 1. The average molecular weight is 429 g/mol. The Balaban J connectivity index is 1.49. The summed E-state index contributed by atoms with van der Waals surface area (Å²) in [6, 6.07) is 13.9. The number of halogens is 3. The zero-order valence-corrected chi connectivity index (χ0v) is 16.4. The molecule has 0 saturated carbocycles. The van der Waals surface area contributed by atoms with Gasteiger partial charge in [-0.25, -0.2) is 4.98 Å². The number of pyridine rings is 1. The second-order valence-electron chi connectivity index (χ2n) is 6.61. The number of ether oxygens (including phenoxy) is 1. The Kier molecular flexibility index (Phi) is 6.54. The first kappa shape index (κ1) is 21.8. The van der Waals surface area contributed by atoms with Crippen molar-refractivity contribution in [2.45, 2.75) is 13.1 Å². The summed E-state index contributed by atoms with van der Waals surface area (Å²) in [5.41, 5.74) is 0.660. The van der Waals surface area contributed by atoms with E-state index >= 15 is 0 Å². The van der Waals surface area contributed by atoms with Gasteiger partial charge in [-0.2, -0.15) is 13.2 Å². The number of nitrogens with zero attached hydrogens (tertiary/aromatic N) is 1. The van der Waals surface area contributed by atoms with Crippen LogP contribution in [0.4, 0.5) is 18.9 Å². The van der Waals surface area contributed by atoms with E-state index in [-0.39, 0.29) is 12.1 Å². The summed E-state index contributed by atoms with van der Waals surface area (Å²) in [4.78, 5) is 28.2. The van der Waals surface area contributed by atoms with Gasteiger partial charge in [0.1, 0.15) is 5.75 Å². The van der Waals surface area contributed by atoms with Crippen LogP contribution in [-0.4, -0.2) is 23.3 Å². The normalized spacial score (nSPS) is 11.0. The molecule has 0 aliphatic rings. The van der Waals surface area contributed by atoms with Crippen molar-refractivity contribution in [3.63, 3.8) is 0 Å². The minimum absolute atomic E-state index is 0.0204. The Morgan fingerprint density at radius 3 is 2.23 bits per heavy atom. The maximum absolute atomic E-state index is 12.6. The molecule has 31 heavy (non-hydrogen) atoms. The number of hydrogen-bond acceptors (Lipinski definition) is 4. The summed E-state index contributed by atoms with van der Waals surface area (Å²) in [5, 5.41) is 4.96. The van der Waals surface area contributed by atoms with Crippen LogP contribution in [0.15, 0.2) is 66.9 Å². The molecule has 0 aliphatic carbocycles. The topological polar surface area (TPSA) is 80.3 Å². The molecule has 6 nitrogen and oxygen atoms in total. The number of nitrogens with one attached hydrogen (secondary N) is 2. The number of rotatable bonds is 6. The van der Waals surface area contributed by atoms with Crippen LogP contribution in [0.1, 0.15) is 21.5 Å². The van der Waals surface area contributed by atoms with Gasteiger partial charge >= 0.3 is 6.18 Å². The summed E-state index contributed by atoms with van der Waals surface area (Å²) in [6.07, 6.45) is -2.80. The van der Waals surface area contributed by atoms with E-state index in [0.717, 1.165) is 29.8 Å². The molecule has 160 valence electrons. The lowest BCUT2D eigenvalue weighted by Gasteiger charge is -2.09. The number of aryl methyl sites for hydroxylation is 1. The third-order valence-corrected chi connectivity index (χ3v) is 4.13. The van der Waals surface area contributed by atoms with Crippen LogP contribution in [0.25, 0.3) is 0 Å². The van der Waals surface area contributed by atoms with E-state index in [1.807, 2.05) is 13.0 Å². The molecule has 2 aromatic carbocycles.